The molecule has 2 aromatic rings. The topological polar surface area (TPSA) is 29.1 Å². The molecular weight excluding hydrogens is 378 g/mol. The van der Waals surface area contributed by atoms with Gasteiger partial charge < -0.3 is 5.32 Å². The lowest BCUT2D eigenvalue weighted by molar-refractivity contribution is 0.103. The number of thiophene rings is 1. The molecule has 0 saturated heterocycles. The molecule has 0 spiro atoms. The minimum atomic E-state index is -0.0669. The Hall–Kier alpha value is -0.650. The summed E-state index contributed by atoms with van der Waals surface area (Å²) in [4.78, 5) is 12.7. The Morgan fingerprint density at radius 1 is 1.28 bits per heavy atom. The SMILES string of the molecule is CCc1cc(Br)ccc1NC(=O)c1ccc(Br)s1. The first-order valence-electron chi connectivity index (χ1n) is 5.45. The van der Waals surface area contributed by atoms with Crippen molar-refractivity contribution >= 4 is 54.8 Å². The van der Waals surface area contributed by atoms with Crippen molar-refractivity contribution in [2.45, 2.75) is 13.3 Å². The molecule has 0 aliphatic heterocycles. The van der Waals surface area contributed by atoms with E-state index in [0.717, 1.165) is 25.9 Å². The average Bonchev–Trinajstić information content (AvgIpc) is 2.78. The van der Waals surface area contributed by atoms with Crippen LogP contribution < -0.4 is 5.32 Å². The highest BCUT2D eigenvalue weighted by molar-refractivity contribution is 9.11. The van der Waals surface area contributed by atoms with Gasteiger partial charge in [0.05, 0.1) is 8.66 Å². The maximum Gasteiger partial charge on any atom is 0.265 e. The van der Waals surface area contributed by atoms with Gasteiger partial charge in [0, 0.05) is 10.2 Å². The third-order valence-electron chi connectivity index (χ3n) is 2.49. The highest BCUT2D eigenvalue weighted by Gasteiger charge is 2.10. The lowest BCUT2D eigenvalue weighted by Crippen LogP contribution is -2.11. The van der Waals surface area contributed by atoms with Crippen LogP contribution in [0.1, 0.15) is 22.2 Å². The Morgan fingerprint density at radius 3 is 2.67 bits per heavy atom. The fraction of sp³-hybridized carbons (Fsp3) is 0.154. The van der Waals surface area contributed by atoms with Gasteiger partial charge in [-0.05, 0) is 58.2 Å². The number of hydrogen-bond acceptors (Lipinski definition) is 2. The molecule has 0 bridgehead atoms. The predicted molar refractivity (Wildman–Crippen MR) is 83.5 cm³/mol. The Balaban J connectivity index is 2.21. The molecule has 94 valence electrons. The van der Waals surface area contributed by atoms with E-state index in [1.54, 1.807) is 0 Å². The largest absolute Gasteiger partial charge is 0.321 e. The summed E-state index contributed by atoms with van der Waals surface area (Å²) in [5, 5.41) is 2.95. The highest BCUT2D eigenvalue weighted by atomic mass is 79.9. The zero-order valence-corrected chi connectivity index (χ0v) is 13.7. The molecule has 0 fully saturated rings. The lowest BCUT2D eigenvalue weighted by Gasteiger charge is -2.09. The Kier molecular flexibility index (Phi) is 4.59. The number of aryl methyl sites for hydroxylation is 1. The lowest BCUT2D eigenvalue weighted by atomic mass is 10.1. The van der Waals surface area contributed by atoms with Crippen LogP contribution in [0.2, 0.25) is 0 Å². The summed E-state index contributed by atoms with van der Waals surface area (Å²) in [5.74, 6) is -0.0669. The second-order valence-corrected chi connectivity index (χ2v) is 7.09. The summed E-state index contributed by atoms with van der Waals surface area (Å²) >= 11 is 8.22. The van der Waals surface area contributed by atoms with Crippen LogP contribution in [0, 0.1) is 0 Å². The van der Waals surface area contributed by atoms with Gasteiger partial charge in [-0.3, -0.25) is 4.79 Å². The van der Waals surface area contributed by atoms with Gasteiger partial charge in [-0.25, -0.2) is 0 Å². The van der Waals surface area contributed by atoms with E-state index in [4.69, 9.17) is 0 Å². The van der Waals surface area contributed by atoms with Crippen LogP contribution in [0.5, 0.6) is 0 Å². The van der Waals surface area contributed by atoms with Gasteiger partial charge in [0.2, 0.25) is 0 Å². The fourth-order valence-electron chi connectivity index (χ4n) is 1.60. The maximum atomic E-state index is 12.0. The molecule has 0 atom stereocenters. The van der Waals surface area contributed by atoms with Crippen LogP contribution in [-0.4, -0.2) is 5.91 Å². The molecule has 0 aliphatic carbocycles. The van der Waals surface area contributed by atoms with E-state index in [1.807, 2.05) is 30.3 Å². The molecular formula is C13H11Br2NOS. The minimum Gasteiger partial charge on any atom is -0.321 e. The van der Waals surface area contributed by atoms with Crippen LogP contribution in [0.4, 0.5) is 5.69 Å². The van der Waals surface area contributed by atoms with Gasteiger partial charge >= 0.3 is 0 Å². The number of halogens is 2. The van der Waals surface area contributed by atoms with E-state index in [2.05, 4.69) is 44.1 Å². The van der Waals surface area contributed by atoms with Gasteiger partial charge in [-0.2, -0.15) is 0 Å². The van der Waals surface area contributed by atoms with E-state index < -0.39 is 0 Å². The van der Waals surface area contributed by atoms with E-state index >= 15 is 0 Å². The van der Waals surface area contributed by atoms with Gasteiger partial charge in [0.15, 0.2) is 0 Å². The second-order valence-electron chi connectivity index (χ2n) is 3.71. The molecule has 18 heavy (non-hydrogen) atoms. The summed E-state index contributed by atoms with van der Waals surface area (Å²) in [6, 6.07) is 9.57. The molecule has 1 aromatic carbocycles. The number of anilines is 1. The maximum absolute atomic E-state index is 12.0. The molecule has 1 amide bonds. The Morgan fingerprint density at radius 2 is 2.06 bits per heavy atom. The van der Waals surface area contributed by atoms with Crippen molar-refractivity contribution in [3.8, 4) is 0 Å². The van der Waals surface area contributed by atoms with Crippen molar-refractivity contribution in [1.29, 1.82) is 0 Å². The molecule has 1 heterocycles. The quantitative estimate of drug-likeness (QED) is 0.779. The van der Waals surface area contributed by atoms with E-state index in [-0.39, 0.29) is 5.91 Å². The normalized spacial score (nSPS) is 10.4. The first-order valence-corrected chi connectivity index (χ1v) is 7.85. The standard InChI is InChI=1S/C13H11Br2NOS/c1-2-8-7-9(14)3-4-10(8)16-13(17)11-5-6-12(15)18-11/h3-7H,2H2,1H3,(H,16,17). The molecule has 2 rings (SSSR count). The number of nitrogens with one attached hydrogen (secondary N) is 1. The third-order valence-corrected chi connectivity index (χ3v) is 4.61. The monoisotopic (exact) mass is 387 g/mol. The van der Waals surface area contributed by atoms with Crippen molar-refractivity contribution in [2.24, 2.45) is 0 Å². The molecule has 1 aromatic heterocycles. The molecule has 0 unspecified atom stereocenters. The zero-order chi connectivity index (χ0) is 13.1. The van der Waals surface area contributed by atoms with Crippen LogP contribution in [-0.2, 0) is 6.42 Å². The molecule has 0 radical (unpaired) electrons. The van der Waals surface area contributed by atoms with Crippen molar-refractivity contribution < 1.29 is 4.79 Å². The van der Waals surface area contributed by atoms with Crippen molar-refractivity contribution in [2.75, 3.05) is 5.32 Å². The third kappa shape index (κ3) is 3.22. The second kappa shape index (κ2) is 5.99. The first kappa shape index (κ1) is 13.8. The number of benzene rings is 1. The summed E-state index contributed by atoms with van der Waals surface area (Å²) in [7, 11) is 0. The molecule has 0 aliphatic rings. The number of carbonyl (C=O) groups excluding carboxylic acids is 1. The Bertz CT molecular complexity index is 580. The van der Waals surface area contributed by atoms with Crippen molar-refractivity contribution in [3.63, 3.8) is 0 Å². The number of carbonyl (C=O) groups is 1. The van der Waals surface area contributed by atoms with Crippen LogP contribution in [0.25, 0.3) is 0 Å². The number of amides is 1. The molecule has 0 saturated carbocycles. The van der Waals surface area contributed by atoms with Crippen LogP contribution >= 0.6 is 43.2 Å². The summed E-state index contributed by atoms with van der Waals surface area (Å²) in [5.41, 5.74) is 1.99. The van der Waals surface area contributed by atoms with Crippen LogP contribution in [0.15, 0.2) is 38.6 Å². The Labute approximate surface area is 127 Å². The van der Waals surface area contributed by atoms with Crippen molar-refractivity contribution in [1.82, 2.24) is 0 Å². The molecule has 1 N–H and O–H groups in total. The van der Waals surface area contributed by atoms with Gasteiger partial charge in [-0.1, -0.05) is 22.9 Å². The highest BCUT2D eigenvalue weighted by Crippen LogP contribution is 2.25. The minimum absolute atomic E-state index is 0.0669. The first-order chi connectivity index (χ1) is 8.60. The molecule has 5 heteroatoms. The van der Waals surface area contributed by atoms with E-state index in [1.165, 1.54) is 11.3 Å². The number of rotatable bonds is 3. The molecule has 2 nitrogen and oxygen atoms in total. The smallest absolute Gasteiger partial charge is 0.265 e. The summed E-state index contributed by atoms with van der Waals surface area (Å²) < 4.78 is 1.98. The van der Waals surface area contributed by atoms with Crippen LogP contribution in [0.3, 0.4) is 0 Å². The van der Waals surface area contributed by atoms with E-state index in [0.29, 0.717) is 4.88 Å². The van der Waals surface area contributed by atoms with Gasteiger partial charge in [0.1, 0.15) is 0 Å². The van der Waals surface area contributed by atoms with Gasteiger partial charge in [0.25, 0.3) is 5.91 Å². The zero-order valence-electron chi connectivity index (χ0n) is 9.67. The fourth-order valence-corrected chi connectivity index (χ4v) is 3.29. The van der Waals surface area contributed by atoms with Crippen molar-refractivity contribution in [3.05, 3.63) is 49.0 Å². The summed E-state index contributed by atoms with van der Waals surface area (Å²) in [6.45, 7) is 2.07. The summed E-state index contributed by atoms with van der Waals surface area (Å²) in [6.07, 6.45) is 0.878. The van der Waals surface area contributed by atoms with Gasteiger partial charge in [-0.15, -0.1) is 11.3 Å². The predicted octanol–water partition coefficient (Wildman–Crippen LogP) is 5.09. The number of hydrogen-bond donors (Lipinski definition) is 1. The van der Waals surface area contributed by atoms with E-state index in [9.17, 15) is 4.79 Å². The average molecular weight is 389 g/mol.